The van der Waals surface area contributed by atoms with E-state index in [-0.39, 0.29) is 11.6 Å². The van der Waals surface area contributed by atoms with E-state index in [1.165, 1.54) is 12.1 Å². The Labute approximate surface area is 138 Å². The van der Waals surface area contributed by atoms with Crippen LogP contribution in [0, 0.1) is 18.6 Å². The first kappa shape index (κ1) is 15.9. The molecule has 122 valence electrons. The summed E-state index contributed by atoms with van der Waals surface area (Å²) in [5, 5.41) is 5.98. The van der Waals surface area contributed by atoms with Gasteiger partial charge in [-0.3, -0.25) is 0 Å². The predicted octanol–water partition coefficient (Wildman–Crippen LogP) is 4.42. The molecule has 1 heterocycles. The molecular weight excluding hydrogens is 310 g/mol. The third-order valence-electron chi connectivity index (χ3n) is 3.35. The maximum atomic E-state index is 13.7. The van der Waals surface area contributed by atoms with Crippen molar-refractivity contribution in [2.75, 3.05) is 10.6 Å². The number of benzene rings is 2. The Hall–Kier alpha value is -3.02. The van der Waals surface area contributed by atoms with Crippen LogP contribution < -0.4 is 10.6 Å². The number of halogens is 2. The van der Waals surface area contributed by atoms with E-state index in [1.54, 1.807) is 6.07 Å². The summed E-state index contributed by atoms with van der Waals surface area (Å²) in [4.78, 5) is 8.54. The Morgan fingerprint density at radius 1 is 0.958 bits per heavy atom. The molecule has 3 aromatic rings. The lowest BCUT2D eigenvalue weighted by molar-refractivity contribution is 0.586. The molecule has 0 atom stereocenters. The molecule has 0 unspecified atom stereocenters. The quantitative estimate of drug-likeness (QED) is 0.729. The largest absolute Gasteiger partial charge is 0.366 e. The van der Waals surface area contributed by atoms with Gasteiger partial charge in [0.2, 0.25) is 5.95 Å². The van der Waals surface area contributed by atoms with Crippen LogP contribution in [0.5, 0.6) is 0 Å². The molecule has 24 heavy (non-hydrogen) atoms. The Kier molecular flexibility index (Phi) is 4.65. The van der Waals surface area contributed by atoms with Crippen molar-refractivity contribution in [2.24, 2.45) is 0 Å². The van der Waals surface area contributed by atoms with Gasteiger partial charge in [-0.1, -0.05) is 30.3 Å². The van der Waals surface area contributed by atoms with Gasteiger partial charge in [-0.25, -0.2) is 13.8 Å². The molecule has 0 amide bonds. The first-order valence-electron chi connectivity index (χ1n) is 7.46. The van der Waals surface area contributed by atoms with Gasteiger partial charge in [0.15, 0.2) is 0 Å². The first-order chi connectivity index (χ1) is 11.6. The molecule has 0 radical (unpaired) electrons. The summed E-state index contributed by atoms with van der Waals surface area (Å²) >= 11 is 0. The Morgan fingerprint density at radius 2 is 1.75 bits per heavy atom. The summed E-state index contributed by atoms with van der Waals surface area (Å²) in [6.07, 6.45) is 0. The van der Waals surface area contributed by atoms with Crippen LogP contribution in [0.15, 0.2) is 54.6 Å². The summed E-state index contributed by atoms with van der Waals surface area (Å²) in [7, 11) is 0. The second-order valence-corrected chi connectivity index (χ2v) is 5.31. The van der Waals surface area contributed by atoms with E-state index in [2.05, 4.69) is 20.6 Å². The van der Waals surface area contributed by atoms with Gasteiger partial charge in [0.1, 0.15) is 17.5 Å². The standard InChI is InChI=1S/C18H16F2N4/c1-12-9-17(21-11-13-5-3-2-4-6-13)24-18(22-12)23-16-8-7-14(19)10-15(16)20/h2-10H,11H2,1H3,(H2,21,22,23,24). The topological polar surface area (TPSA) is 49.8 Å². The minimum absolute atomic E-state index is 0.121. The van der Waals surface area contributed by atoms with Crippen LogP contribution in [0.3, 0.4) is 0 Å². The molecular formula is C18H16F2N4. The molecule has 3 rings (SSSR count). The van der Waals surface area contributed by atoms with Gasteiger partial charge in [-0.2, -0.15) is 4.98 Å². The molecule has 0 aliphatic heterocycles. The van der Waals surface area contributed by atoms with E-state index in [9.17, 15) is 8.78 Å². The van der Waals surface area contributed by atoms with Gasteiger partial charge >= 0.3 is 0 Å². The van der Waals surface area contributed by atoms with Crippen LogP contribution in [0.2, 0.25) is 0 Å². The third-order valence-corrected chi connectivity index (χ3v) is 3.35. The number of aryl methyl sites for hydroxylation is 1. The fourth-order valence-electron chi connectivity index (χ4n) is 2.21. The zero-order chi connectivity index (χ0) is 16.9. The molecule has 2 N–H and O–H groups in total. The monoisotopic (exact) mass is 326 g/mol. The maximum Gasteiger partial charge on any atom is 0.229 e. The SMILES string of the molecule is Cc1cc(NCc2ccccc2)nc(Nc2ccc(F)cc2F)n1. The highest BCUT2D eigenvalue weighted by atomic mass is 19.1. The van der Waals surface area contributed by atoms with Crippen molar-refractivity contribution in [3.05, 3.63) is 77.5 Å². The van der Waals surface area contributed by atoms with E-state index >= 15 is 0 Å². The molecule has 0 bridgehead atoms. The van der Waals surface area contributed by atoms with Crippen LogP contribution in [0.25, 0.3) is 0 Å². The summed E-state index contributed by atoms with van der Waals surface area (Å²) < 4.78 is 26.7. The highest BCUT2D eigenvalue weighted by Gasteiger charge is 2.07. The molecule has 0 aliphatic rings. The van der Waals surface area contributed by atoms with E-state index in [0.29, 0.717) is 12.4 Å². The molecule has 1 aromatic heterocycles. The van der Waals surface area contributed by atoms with Crippen molar-refractivity contribution >= 4 is 17.5 Å². The maximum absolute atomic E-state index is 13.7. The van der Waals surface area contributed by atoms with Crippen LogP contribution in [0.1, 0.15) is 11.3 Å². The molecule has 0 saturated heterocycles. The van der Waals surface area contributed by atoms with Gasteiger partial charge in [-0.05, 0) is 24.6 Å². The molecule has 0 spiro atoms. The molecule has 2 aromatic carbocycles. The summed E-state index contributed by atoms with van der Waals surface area (Å²) in [6.45, 7) is 2.43. The van der Waals surface area contributed by atoms with Gasteiger partial charge in [-0.15, -0.1) is 0 Å². The lowest BCUT2D eigenvalue weighted by Crippen LogP contribution is -2.06. The van der Waals surface area contributed by atoms with Crippen molar-refractivity contribution in [1.29, 1.82) is 0 Å². The normalized spacial score (nSPS) is 10.5. The van der Waals surface area contributed by atoms with Crippen molar-refractivity contribution in [3.63, 3.8) is 0 Å². The third kappa shape index (κ3) is 4.04. The van der Waals surface area contributed by atoms with Gasteiger partial charge < -0.3 is 10.6 Å². The summed E-state index contributed by atoms with van der Waals surface area (Å²) in [5.74, 6) is -0.459. The first-order valence-corrected chi connectivity index (χ1v) is 7.46. The number of hydrogen-bond acceptors (Lipinski definition) is 4. The minimum Gasteiger partial charge on any atom is -0.366 e. The Bertz CT molecular complexity index is 838. The van der Waals surface area contributed by atoms with Crippen molar-refractivity contribution in [2.45, 2.75) is 13.5 Å². The zero-order valence-corrected chi connectivity index (χ0v) is 13.1. The van der Waals surface area contributed by atoms with E-state index in [0.717, 1.165) is 17.3 Å². The van der Waals surface area contributed by atoms with Crippen molar-refractivity contribution in [3.8, 4) is 0 Å². The lowest BCUT2D eigenvalue weighted by Gasteiger charge is -2.10. The summed E-state index contributed by atoms with van der Waals surface area (Å²) in [6, 6.07) is 15.0. The smallest absolute Gasteiger partial charge is 0.229 e. The van der Waals surface area contributed by atoms with E-state index in [1.807, 2.05) is 37.3 Å². The Balaban J connectivity index is 1.76. The predicted molar refractivity (Wildman–Crippen MR) is 90.2 cm³/mol. The number of aromatic nitrogens is 2. The fourth-order valence-corrected chi connectivity index (χ4v) is 2.21. The number of anilines is 3. The van der Waals surface area contributed by atoms with Crippen LogP contribution in [-0.2, 0) is 6.54 Å². The second-order valence-electron chi connectivity index (χ2n) is 5.31. The average Bonchev–Trinajstić information content (AvgIpc) is 2.56. The van der Waals surface area contributed by atoms with Crippen LogP contribution >= 0.6 is 0 Å². The number of hydrogen-bond donors (Lipinski definition) is 2. The van der Waals surface area contributed by atoms with Crippen molar-refractivity contribution < 1.29 is 8.78 Å². The van der Waals surface area contributed by atoms with E-state index < -0.39 is 11.6 Å². The molecule has 0 saturated carbocycles. The Morgan fingerprint density at radius 3 is 2.50 bits per heavy atom. The average molecular weight is 326 g/mol. The lowest BCUT2D eigenvalue weighted by atomic mass is 10.2. The number of nitrogens with one attached hydrogen (secondary N) is 2. The highest BCUT2D eigenvalue weighted by Crippen LogP contribution is 2.20. The number of nitrogens with zero attached hydrogens (tertiary/aromatic N) is 2. The zero-order valence-electron chi connectivity index (χ0n) is 13.1. The fraction of sp³-hybridized carbons (Fsp3) is 0.111. The van der Waals surface area contributed by atoms with Gasteiger partial charge in [0.25, 0.3) is 0 Å². The molecule has 0 aliphatic carbocycles. The van der Waals surface area contributed by atoms with E-state index in [4.69, 9.17) is 0 Å². The molecule has 6 heteroatoms. The van der Waals surface area contributed by atoms with Crippen LogP contribution in [-0.4, -0.2) is 9.97 Å². The van der Waals surface area contributed by atoms with Gasteiger partial charge in [0, 0.05) is 24.4 Å². The van der Waals surface area contributed by atoms with Crippen molar-refractivity contribution in [1.82, 2.24) is 9.97 Å². The molecule has 0 fully saturated rings. The summed E-state index contributed by atoms with van der Waals surface area (Å²) in [5.41, 5.74) is 1.97. The van der Waals surface area contributed by atoms with Crippen LogP contribution in [0.4, 0.5) is 26.2 Å². The number of rotatable bonds is 5. The van der Waals surface area contributed by atoms with Gasteiger partial charge in [0.05, 0.1) is 5.69 Å². The molecule has 4 nitrogen and oxygen atoms in total. The minimum atomic E-state index is -0.695. The highest BCUT2D eigenvalue weighted by molar-refractivity contribution is 5.56. The second kappa shape index (κ2) is 7.04.